The molecule has 0 bridgehead atoms. The normalized spacial score (nSPS) is 24.5. The van der Waals surface area contributed by atoms with Crippen molar-refractivity contribution in [2.45, 2.75) is 12.3 Å². The smallest absolute Gasteiger partial charge is 0.354 e. The van der Waals surface area contributed by atoms with Gasteiger partial charge in [-0.3, -0.25) is 14.5 Å². The van der Waals surface area contributed by atoms with Crippen LogP contribution in [0.1, 0.15) is 6.92 Å². The van der Waals surface area contributed by atoms with Gasteiger partial charge in [0.15, 0.2) is 5.70 Å². The molecule has 2 amide bonds. The van der Waals surface area contributed by atoms with Gasteiger partial charge in [0.05, 0.1) is 16.8 Å². The minimum Gasteiger partial charge on any atom is -0.477 e. The lowest BCUT2D eigenvalue weighted by Crippen LogP contribution is -2.58. The number of carboxylic acid groups (broad SMARTS) is 1. The van der Waals surface area contributed by atoms with Crippen LogP contribution in [0.2, 0.25) is 0 Å². The Balaban J connectivity index is 2.02. The molecule has 2 aliphatic rings. The van der Waals surface area contributed by atoms with Crippen molar-refractivity contribution in [1.82, 2.24) is 10.2 Å². The maximum Gasteiger partial charge on any atom is 0.354 e. The van der Waals surface area contributed by atoms with E-state index in [1.165, 1.54) is 35.3 Å². The summed E-state index contributed by atoms with van der Waals surface area (Å²) in [5, 5.41) is 20.6. The van der Waals surface area contributed by atoms with E-state index in [2.05, 4.69) is 5.32 Å². The summed E-state index contributed by atoms with van der Waals surface area (Å²) in [5.74, 6) is -1.64. The number of rotatable bonds is 6. The number of hydrogen-bond donors (Lipinski definition) is 3. The third-order valence-corrected chi connectivity index (χ3v) is 5.62. The van der Waals surface area contributed by atoms with Gasteiger partial charge in [0.2, 0.25) is 11.8 Å². The number of hydrogen-bond acceptors (Lipinski definition) is 6. The van der Waals surface area contributed by atoms with Crippen LogP contribution in [0.4, 0.5) is 0 Å². The third kappa shape index (κ3) is 2.65. The van der Waals surface area contributed by atoms with Crippen molar-refractivity contribution in [3.63, 3.8) is 0 Å². The topological polar surface area (TPSA) is 107 Å². The van der Waals surface area contributed by atoms with Gasteiger partial charge in [-0.1, -0.05) is 11.8 Å². The molecule has 20 heavy (non-hydrogen) atoms. The molecule has 2 atom stereocenters. The predicted molar refractivity (Wildman–Crippen MR) is 74.6 cm³/mol. The minimum atomic E-state index is -1.15. The van der Waals surface area contributed by atoms with Crippen molar-refractivity contribution in [2.75, 3.05) is 18.9 Å². The largest absolute Gasteiger partial charge is 0.477 e. The second kappa shape index (κ2) is 6.06. The van der Waals surface area contributed by atoms with E-state index in [1.807, 2.05) is 0 Å². The first-order chi connectivity index (χ1) is 9.47. The van der Waals surface area contributed by atoms with E-state index in [-0.39, 0.29) is 29.5 Å². The van der Waals surface area contributed by atoms with Gasteiger partial charge in [-0.15, -0.1) is 11.8 Å². The molecule has 1 fully saturated rings. The third-order valence-electron chi connectivity index (χ3n) is 2.92. The molecule has 0 radical (unpaired) electrons. The zero-order chi connectivity index (χ0) is 14.9. The standard InChI is InChI=1S/C11H14N2O5S2/c1-5(15)12-2-3-19-11-7(10(17)18)13-8(16)6(4-14)9(13)20-11/h6,9,14H,2-4H2,1H3,(H,12,15)(H,17,18)/t6?,9-/m0/s1. The van der Waals surface area contributed by atoms with Crippen LogP contribution in [0.15, 0.2) is 9.93 Å². The SMILES string of the molecule is CC(=O)NCCSC1=C(C(=O)O)N2C(=O)C(CO)[C@@H]2S1. The molecule has 7 nitrogen and oxygen atoms in total. The van der Waals surface area contributed by atoms with E-state index in [9.17, 15) is 19.5 Å². The lowest BCUT2D eigenvalue weighted by atomic mass is 9.99. The number of β-lactam (4-membered cyclic amide) rings is 1. The Morgan fingerprint density at radius 2 is 2.20 bits per heavy atom. The molecule has 2 heterocycles. The fourth-order valence-corrected chi connectivity index (χ4v) is 4.72. The number of carboxylic acids is 1. The van der Waals surface area contributed by atoms with Crippen LogP contribution in [0.3, 0.4) is 0 Å². The highest BCUT2D eigenvalue weighted by molar-refractivity contribution is 8.22. The Morgan fingerprint density at radius 3 is 2.75 bits per heavy atom. The van der Waals surface area contributed by atoms with E-state index >= 15 is 0 Å². The zero-order valence-corrected chi connectivity index (χ0v) is 12.3. The summed E-state index contributed by atoms with van der Waals surface area (Å²) in [7, 11) is 0. The number of nitrogens with zero attached hydrogens (tertiary/aromatic N) is 1. The Bertz CT molecular complexity index is 493. The average molecular weight is 318 g/mol. The second-order valence-corrected chi connectivity index (χ2v) is 6.77. The molecule has 110 valence electrons. The van der Waals surface area contributed by atoms with Gasteiger partial charge in [-0.25, -0.2) is 4.79 Å². The van der Waals surface area contributed by atoms with Crippen LogP contribution in [0, 0.1) is 5.92 Å². The molecule has 3 N–H and O–H groups in total. The Morgan fingerprint density at radius 1 is 1.50 bits per heavy atom. The molecule has 2 rings (SSSR count). The number of aliphatic hydroxyl groups is 1. The van der Waals surface area contributed by atoms with Gasteiger partial charge in [0.1, 0.15) is 5.37 Å². The number of fused-ring (bicyclic) bond motifs is 1. The quantitative estimate of drug-likeness (QED) is 0.453. The molecule has 2 aliphatic heterocycles. The molecule has 0 aromatic rings. The van der Waals surface area contributed by atoms with Gasteiger partial charge in [0.25, 0.3) is 0 Å². The highest BCUT2D eigenvalue weighted by Gasteiger charge is 2.55. The first-order valence-electron chi connectivity index (χ1n) is 5.92. The Labute approximate surface area is 123 Å². The van der Waals surface area contributed by atoms with Crippen LogP contribution >= 0.6 is 23.5 Å². The minimum absolute atomic E-state index is 0.0116. The number of aliphatic carboxylic acids is 1. The molecular weight excluding hydrogens is 304 g/mol. The maximum absolute atomic E-state index is 11.7. The van der Waals surface area contributed by atoms with E-state index in [1.54, 1.807) is 0 Å². The van der Waals surface area contributed by atoms with Crippen molar-refractivity contribution >= 4 is 41.3 Å². The van der Waals surface area contributed by atoms with Crippen LogP contribution in [0.5, 0.6) is 0 Å². The van der Waals surface area contributed by atoms with Crippen LogP contribution < -0.4 is 5.32 Å². The number of nitrogens with one attached hydrogen (secondary N) is 1. The van der Waals surface area contributed by atoms with Gasteiger partial charge in [0, 0.05) is 19.2 Å². The summed E-state index contributed by atoms with van der Waals surface area (Å²) in [4.78, 5) is 35.0. The molecule has 0 saturated carbocycles. The number of thioether (sulfide) groups is 2. The highest BCUT2D eigenvalue weighted by atomic mass is 32.2. The van der Waals surface area contributed by atoms with Crippen LogP contribution in [-0.2, 0) is 14.4 Å². The maximum atomic E-state index is 11.7. The number of aliphatic hydroxyl groups excluding tert-OH is 1. The number of carbonyl (C=O) groups excluding carboxylic acids is 2. The van der Waals surface area contributed by atoms with Gasteiger partial charge < -0.3 is 15.5 Å². The van der Waals surface area contributed by atoms with Crippen LogP contribution in [-0.4, -0.2) is 57.2 Å². The summed E-state index contributed by atoms with van der Waals surface area (Å²) in [6.07, 6.45) is 0. The molecule has 0 aromatic heterocycles. The zero-order valence-electron chi connectivity index (χ0n) is 10.7. The molecule has 1 unspecified atom stereocenters. The highest BCUT2D eigenvalue weighted by Crippen LogP contribution is 2.52. The van der Waals surface area contributed by atoms with Crippen molar-refractivity contribution < 1.29 is 24.6 Å². The van der Waals surface area contributed by atoms with Crippen molar-refractivity contribution in [3.8, 4) is 0 Å². The molecule has 0 aromatic carbocycles. The van der Waals surface area contributed by atoms with Gasteiger partial charge in [-0.05, 0) is 0 Å². The van der Waals surface area contributed by atoms with Crippen LogP contribution in [0.25, 0.3) is 0 Å². The molecule has 0 spiro atoms. The van der Waals surface area contributed by atoms with Crippen molar-refractivity contribution in [2.24, 2.45) is 5.92 Å². The summed E-state index contributed by atoms with van der Waals surface area (Å²) in [6.45, 7) is 1.57. The van der Waals surface area contributed by atoms with E-state index in [0.717, 1.165) is 0 Å². The Hall–Kier alpha value is -1.19. The first kappa shape index (κ1) is 15.2. The average Bonchev–Trinajstić information content (AvgIpc) is 2.70. The molecule has 1 saturated heterocycles. The monoisotopic (exact) mass is 318 g/mol. The fourth-order valence-electron chi connectivity index (χ4n) is 1.99. The predicted octanol–water partition coefficient (Wildman–Crippen LogP) is -0.367. The van der Waals surface area contributed by atoms with Gasteiger partial charge >= 0.3 is 5.97 Å². The summed E-state index contributed by atoms with van der Waals surface area (Å²) in [5.41, 5.74) is -0.0116. The van der Waals surface area contributed by atoms with E-state index < -0.39 is 11.9 Å². The lowest BCUT2D eigenvalue weighted by Gasteiger charge is -2.41. The van der Waals surface area contributed by atoms with Crippen molar-refractivity contribution in [3.05, 3.63) is 9.93 Å². The fraction of sp³-hybridized carbons (Fsp3) is 0.545. The number of carbonyl (C=O) groups is 3. The molecule has 0 aliphatic carbocycles. The van der Waals surface area contributed by atoms with E-state index in [0.29, 0.717) is 16.5 Å². The first-order valence-corrected chi connectivity index (χ1v) is 7.79. The number of amides is 2. The Kier molecular flexibility index (Phi) is 4.61. The summed E-state index contributed by atoms with van der Waals surface area (Å²) >= 11 is 2.58. The summed E-state index contributed by atoms with van der Waals surface area (Å²) < 4.78 is 0.553. The summed E-state index contributed by atoms with van der Waals surface area (Å²) in [6, 6.07) is 0. The second-order valence-electron chi connectivity index (χ2n) is 4.28. The van der Waals surface area contributed by atoms with Gasteiger partial charge in [-0.2, -0.15) is 0 Å². The van der Waals surface area contributed by atoms with Crippen molar-refractivity contribution in [1.29, 1.82) is 0 Å². The molecular formula is C11H14N2O5S2. The lowest BCUT2D eigenvalue weighted by molar-refractivity contribution is -0.153. The van der Waals surface area contributed by atoms with E-state index in [4.69, 9.17) is 5.11 Å². The molecule has 9 heteroatoms.